The van der Waals surface area contributed by atoms with Crippen molar-refractivity contribution in [3.63, 3.8) is 0 Å². The molecule has 3 amide bonds. The standard InChI is InChI=1S/C36H53N6O7/c1-7-48-31(43)21-36(5,6)39-23-28(18-25-14-10-8-11-15-25)42(47)33(45)30(20-27-22-37-24-38-27)40-32(44)29(19-26-16-12-9-13-17-26)41-34(46)49-35(2,3)4/h9,12-13,16-17,22-25,28-30H,7-8,10-11,14-15,18-21H2,1-6H3,(H,37,38)(H,40,44)(H,41,46)/q-1/t28-,29-,30-/m0/s1. The van der Waals surface area contributed by atoms with Crippen molar-refractivity contribution in [3.8, 4) is 0 Å². The molecule has 0 unspecified atom stereocenters. The largest absolute Gasteiger partial charge is 0.756 e. The van der Waals surface area contributed by atoms with Crippen molar-refractivity contribution in [2.24, 2.45) is 10.9 Å². The lowest BCUT2D eigenvalue weighted by atomic mass is 9.84. The van der Waals surface area contributed by atoms with Crippen LogP contribution in [0.4, 0.5) is 4.79 Å². The first-order valence-corrected chi connectivity index (χ1v) is 17.2. The fourth-order valence-electron chi connectivity index (χ4n) is 5.79. The Balaban J connectivity index is 1.89. The number of aromatic nitrogens is 2. The smallest absolute Gasteiger partial charge is 0.408 e. The number of rotatable bonds is 16. The van der Waals surface area contributed by atoms with Crippen LogP contribution in [0.1, 0.15) is 97.7 Å². The Morgan fingerprint density at radius 1 is 1.04 bits per heavy atom. The number of ether oxygens (including phenoxy) is 2. The molecule has 1 heterocycles. The molecule has 2 aromatic rings. The molecule has 13 heteroatoms. The molecule has 1 aromatic heterocycles. The van der Waals surface area contributed by atoms with Crippen molar-refractivity contribution in [2.45, 2.75) is 129 Å². The predicted molar refractivity (Wildman–Crippen MR) is 187 cm³/mol. The summed E-state index contributed by atoms with van der Waals surface area (Å²) in [5, 5.41) is 19.8. The third kappa shape index (κ3) is 14.0. The minimum Gasteiger partial charge on any atom is -0.756 e. The highest BCUT2D eigenvalue weighted by Crippen LogP contribution is 2.29. The van der Waals surface area contributed by atoms with Crippen molar-refractivity contribution in [2.75, 3.05) is 6.61 Å². The first-order valence-electron chi connectivity index (χ1n) is 17.2. The number of carbonyl (C=O) groups is 4. The number of hydrogen-bond acceptors (Lipinski definition) is 9. The Labute approximate surface area is 289 Å². The lowest BCUT2D eigenvalue weighted by Crippen LogP contribution is -2.56. The monoisotopic (exact) mass is 681 g/mol. The first kappa shape index (κ1) is 39.2. The van der Waals surface area contributed by atoms with Crippen LogP contribution in [0.3, 0.4) is 0 Å². The van der Waals surface area contributed by atoms with Gasteiger partial charge in [-0.2, -0.15) is 0 Å². The minimum atomic E-state index is -1.29. The summed E-state index contributed by atoms with van der Waals surface area (Å²) in [5.41, 5.74) is -0.378. The number of imidazole rings is 1. The van der Waals surface area contributed by atoms with Crippen LogP contribution in [-0.2, 0) is 36.7 Å². The van der Waals surface area contributed by atoms with E-state index in [1.807, 2.05) is 30.3 Å². The Bertz CT molecular complexity index is 1370. The highest BCUT2D eigenvalue weighted by Gasteiger charge is 2.32. The fraction of sp³-hybridized carbons (Fsp3) is 0.611. The van der Waals surface area contributed by atoms with Crippen LogP contribution in [0.5, 0.6) is 0 Å². The van der Waals surface area contributed by atoms with E-state index in [9.17, 15) is 24.4 Å². The molecule has 0 aliphatic heterocycles. The quantitative estimate of drug-likeness (QED) is 0.125. The average Bonchev–Trinajstić information content (AvgIpc) is 3.55. The molecule has 270 valence electrons. The summed E-state index contributed by atoms with van der Waals surface area (Å²) in [6, 6.07) is 5.78. The van der Waals surface area contributed by atoms with E-state index in [0.29, 0.717) is 17.2 Å². The second-order valence-corrected chi connectivity index (χ2v) is 14.3. The molecule has 1 fully saturated rings. The SMILES string of the molecule is CCOC(=O)CC(C)(C)N=C[C@H](CC1CCCCC1)N([O-])C(=O)[C@H](Cc1cnc[nH]1)NC(=O)[C@H](Cc1ccccc1)NC(=O)OC(C)(C)C. The van der Waals surface area contributed by atoms with Gasteiger partial charge in [-0.05, 0) is 59.4 Å². The van der Waals surface area contributed by atoms with E-state index in [2.05, 4.69) is 25.6 Å². The van der Waals surface area contributed by atoms with Gasteiger partial charge in [0.05, 0.1) is 30.9 Å². The van der Waals surface area contributed by atoms with Gasteiger partial charge in [0.1, 0.15) is 17.7 Å². The molecule has 0 saturated heterocycles. The van der Waals surface area contributed by atoms with Crippen LogP contribution >= 0.6 is 0 Å². The maximum absolute atomic E-state index is 14.1. The number of hydroxylamine groups is 2. The molecule has 1 saturated carbocycles. The van der Waals surface area contributed by atoms with Crippen LogP contribution in [-0.4, -0.2) is 81.0 Å². The van der Waals surface area contributed by atoms with E-state index in [4.69, 9.17) is 9.47 Å². The number of carbonyl (C=O) groups excluding carboxylic acids is 4. The van der Waals surface area contributed by atoms with Gasteiger partial charge in [0, 0.05) is 30.9 Å². The van der Waals surface area contributed by atoms with E-state index in [-0.39, 0.29) is 31.8 Å². The number of alkyl carbamates (subject to hydrolysis) is 1. The number of hydrogen-bond donors (Lipinski definition) is 3. The molecule has 3 atom stereocenters. The molecule has 3 N–H and O–H groups in total. The normalized spacial score (nSPS) is 16.0. The summed E-state index contributed by atoms with van der Waals surface area (Å²) in [6.45, 7) is 10.6. The van der Waals surface area contributed by atoms with Crippen molar-refractivity contribution in [3.05, 3.63) is 59.3 Å². The van der Waals surface area contributed by atoms with Crippen molar-refractivity contribution in [1.29, 1.82) is 0 Å². The molecule has 49 heavy (non-hydrogen) atoms. The predicted octanol–water partition coefficient (Wildman–Crippen LogP) is 5.04. The number of amides is 3. The number of aromatic amines is 1. The Morgan fingerprint density at radius 2 is 1.73 bits per heavy atom. The number of benzene rings is 1. The molecule has 1 aromatic carbocycles. The molecule has 1 aliphatic carbocycles. The summed E-state index contributed by atoms with van der Waals surface area (Å²) in [5.74, 6) is -1.71. The molecule has 0 spiro atoms. The van der Waals surface area contributed by atoms with E-state index >= 15 is 0 Å². The van der Waals surface area contributed by atoms with E-state index < -0.39 is 53.1 Å². The zero-order chi connectivity index (χ0) is 36.0. The van der Waals surface area contributed by atoms with Gasteiger partial charge in [-0.15, -0.1) is 0 Å². The highest BCUT2D eigenvalue weighted by molar-refractivity contribution is 5.93. The average molecular weight is 682 g/mol. The van der Waals surface area contributed by atoms with Crippen molar-refractivity contribution >= 4 is 30.1 Å². The highest BCUT2D eigenvalue weighted by atomic mass is 16.6. The number of aliphatic imine (C=N–C) groups is 1. The zero-order valence-electron chi connectivity index (χ0n) is 29.7. The first-order chi connectivity index (χ1) is 23.2. The van der Waals surface area contributed by atoms with E-state index in [1.165, 1.54) is 18.7 Å². The molecule has 13 nitrogen and oxygen atoms in total. The van der Waals surface area contributed by atoms with Crippen molar-refractivity contribution < 1.29 is 28.7 Å². The van der Waals surface area contributed by atoms with Crippen LogP contribution in [0.25, 0.3) is 0 Å². The fourth-order valence-corrected chi connectivity index (χ4v) is 5.79. The van der Waals surface area contributed by atoms with Gasteiger partial charge in [-0.25, -0.2) is 9.78 Å². The second-order valence-electron chi connectivity index (χ2n) is 14.3. The zero-order valence-corrected chi connectivity index (χ0v) is 29.7. The topological polar surface area (TPSA) is 178 Å². The molecule has 3 rings (SSSR count). The molecule has 1 aliphatic rings. The van der Waals surface area contributed by atoms with Gasteiger partial charge < -0.3 is 35.4 Å². The molecular formula is C36H53N6O7-. The minimum absolute atomic E-state index is 0.00620. The van der Waals surface area contributed by atoms with E-state index in [1.54, 1.807) is 41.5 Å². The van der Waals surface area contributed by atoms with Crippen LogP contribution in [0.15, 0.2) is 47.8 Å². The Kier molecular flexibility index (Phi) is 14.8. The molecule has 0 radical (unpaired) electrons. The summed E-state index contributed by atoms with van der Waals surface area (Å²) in [7, 11) is 0. The lowest BCUT2D eigenvalue weighted by Gasteiger charge is -2.40. The van der Waals surface area contributed by atoms with Gasteiger partial charge in [-0.1, -0.05) is 62.4 Å². The molecule has 0 bridgehead atoms. The maximum Gasteiger partial charge on any atom is 0.408 e. The summed E-state index contributed by atoms with van der Waals surface area (Å²) in [4.78, 5) is 64.5. The Morgan fingerprint density at radius 3 is 2.35 bits per heavy atom. The third-order valence-corrected chi connectivity index (χ3v) is 8.18. The van der Waals surface area contributed by atoms with Crippen LogP contribution < -0.4 is 10.6 Å². The van der Waals surface area contributed by atoms with Gasteiger partial charge >= 0.3 is 12.1 Å². The number of esters is 1. The Hall–Kier alpha value is -4.26. The van der Waals surface area contributed by atoms with Crippen LogP contribution in [0.2, 0.25) is 0 Å². The lowest BCUT2D eigenvalue weighted by molar-refractivity contribution is -0.144. The summed E-state index contributed by atoms with van der Waals surface area (Å²) in [6.07, 6.45) is 9.19. The molecular weight excluding hydrogens is 628 g/mol. The van der Waals surface area contributed by atoms with Crippen LogP contribution in [0, 0.1) is 11.1 Å². The number of nitrogens with zero attached hydrogens (tertiary/aromatic N) is 3. The number of nitrogens with one attached hydrogen (secondary N) is 3. The maximum atomic E-state index is 14.1. The van der Waals surface area contributed by atoms with E-state index in [0.717, 1.165) is 37.7 Å². The summed E-state index contributed by atoms with van der Waals surface area (Å²) < 4.78 is 10.5. The summed E-state index contributed by atoms with van der Waals surface area (Å²) >= 11 is 0. The van der Waals surface area contributed by atoms with Crippen molar-refractivity contribution in [1.82, 2.24) is 25.7 Å². The van der Waals surface area contributed by atoms with Gasteiger partial charge in [0.15, 0.2) is 0 Å². The van der Waals surface area contributed by atoms with Gasteiger partial charge in [0.2, 0.25) is 11.8 Å². The third-order valence-electron chi connectivity index (χ3n) is 8.18. The van der Waals surface area contributed by atoms with Gasteiger partial charge in [-0.3, -0.25) is 19.4 Å². The number of H-pyrrole nitrogens is 1. The second kappa shape index (κ2) is 18.5. The van der Waals surface area contributed by atoms with Gasteiger partial charge in [0.25, 0.3) is 0 Å².